The number of rotatable bonds is 7. The van der Waals surface area contributed by atoms with Gasteiger partial charge in [-0.3, -0.25) is 19.6 Å². The number of phenolic OH excluding ortho intramolecular Hbond substituents is 2. The van der Waals surface area contributed by atoms with Crippen molar-refractivity contribution in [3.05, 3.63) is 59.7 Å². The fourth-order valence-electron chi connectivity index (χ4n) is 2.40. The zero-order chi connectivity index (χ0) is 20.5. The van der Waals surface area contributed by atoms with Gasteiger partial charge in [-0.25, -0.2) is 0 Å². The summed E-state index contributed by atoms with van der Waals surface area (Å²) in [5, 5.41) is 24.7. The number of amides is 2. The summed E-state index contributed by atoms with van der Waals surface area (Å²) in [4.78, 5) is 33.1. The summed E-state index contributed by atoms with van der Waals surface area (Å²) in [6.45, 7) is 0. The van der Waals surface area contributed by atoms with Crippen LogP contribution >= 0.6 is 0 Å². The first-order valence-corrected chi connectivity index (χ1v) is 8.53. The molecule has 0 fully saturated rings. The molecule has 28 heavy (non-hydrogen) atoms. The Bertz CT molecular complexity index is 822. The van der Waals surface area contributed by atoms with Gasteiger partial charge >= 0.3 is 0 Å². The second-order valence-corrected chi connectivity index (χ2v) is 5.79. The van der Waals surface area contributed by atoms with Crippen molar-refractivity contribution in [2.24, 2.45) is 9.98 Å². The van der Waals surface area contributed by atoms with Gasteiger partial charge in [0.05, 0.1) is 0 Å². The Morgan fingerprint density at radius 1 is 0.786 bits per heavy atom. The van der Waals surface area contributed by atoms with E-state index in [0.29, 0.717) is 11.1 Å². The first-order valence-electron chi connectivity index (χ1n) is 8.53. The molecule has 0 aliphatic heterocycles. The third kappa shape index (κ3) is 5.16. The van der Waals surface area contributed by atoms with Gasteiger partial charge in [0, 0.05) is 37.7 Å². The maximum absolute atomic E-state index is 12.4. The van der Waals surface area contributed by atoms with Crippen LogP contribution in [-0.2, 0) is 9.59 Å². The summed E-state index contributed by atoms with van der Waals surface area (Å²) in [6.07, 6.45) is 2.64. The number of benzene rings is 2. The number of nitrogens with one attached hydrogen (secondary N) is 2. The van der Waals surface area contributed by atoms with Crippen LogP contribution < -0.4 is 10.6 Å². The van der Waals surface area contributed by atoms with Crippen LogP contribution in [0.25, 0.3) is 0 Å². The Balaban J connectivity index is 2.40. The van der Waals surface area contributed by atoms with Crippen LogP contribution in [0.2, 0.25) is 0 Å². The Morgan fingerprint density at radius 2 is 1.14 bits per heavy atom. The van der Waals surface area contributed by atoms with Crippen LogP contribution in [0.5, 0.6) is 11.5 Å². The van der Waals surface area contributed by atoms with Gasteiger partial charge in [0.15, 0.2) is 12.1 Å². The standard InChI is InChI=1S/C20H22N4O4/c1-21-19(27)17(23-11-13-7-3-5-9-15(13)25)18(20(28)22-2)24-12-14-8-4-6-10-16(14)26/h3-12,17-18,25-26H,1-2H3,(H,21,27)(H,22,28). The number of likely N-dealkylation sites (N-methyl/N-ethyl adjacent to an activating group) is 2. The topological polar surface area (TPSA) is 123 Å². The molecule has 0 radical (unpaired) electrons. The summed E-state index contributed by atoms with van der Waals surface area (Å²) in [5.41, 5.74) is 0.800. The Labute approximate surface area is 162 Å². The predicted molar refractivity (Wildman–Crippen MR) is 107 cm³/mol. The number of hydrogen-bond donors (Lipinski definition) is 4. The molecule has 2 unspecified atom stereocenters. The lowest BCUT2D eigenvalue weighted by molar-refractivity contribution is -0.128. The summed E-state index contributed by atoms with van der Waals surface area (Å²) >= 11 is 0. The average Bonchev–Trinajstić information content (AvgIpc) is 2.71. The van der Waals surface area contributed by atoms with Crippen molar-refractivity contribution in [2.75, 3.05) is 14.1 Å². The highest BCUT2D eigenvalue weighted by Crippen LogP contribution is 2.16. The summed E-state index contributed by atoms with van der Waals surface area (Å²) in [7, 11) is 2.86. The Hall–Kier alpha value is -3.68. The molecule has 2 rings (SSSR count). The molecule has 0 bridgehead atoms. The van der Waals surface area contributed by atoms with Crippen molar-refractivity contribution in [1.29, 1.82) is 0 Å². The van der Waals surface area contributed by atoms with Crippen molar-refractivity contribution in [1.82, 2.24) is 10.6 Å². The first-order chi connectivity index (χ1) is 13.5. The molecule has 0 spiro atoms. The van der Waals surface area contributed by atoms with E-state index in [4.69, 9.17) is 0 Å². The fourth-order valence-corrected chi connectivity index (χ4v) is 2.40. The number of nitrogens with zero attached hydrogens (tertiary/aromatic N) is 2. The van der Waals surface area contributed by atoms with Crippen LogP contribution in [-0.4, -0.2) is 60.6 Å². The zero-order valence-corrected chi connectivity index (χ0v) is 15.5. The van der Waals surface area contributed by atoms with Crippen LogP contribution in [0.3, 0.4) is 0 Å². The van der Waals surface area contributed by atoms with Gasteiger partial charge in [0.2, 0.25) is 11.8 Å². The number of hydrogen-bond acceptors (Lipinski definition) is 6. The molecule has 2 amide bonds. The van der Waals surface area contributed by atoms with E-state index in [0.717, 1.165) is 0 Å². The highest BCUT2D eigenvalue weighted by atomic mass is 16.3. The molecular formula is C20H22N4O4. The predicted octanol–water partition coefficient (Wildman–Crippen LogP) is 0.865. The third-order valence-electron chi connectivity index (χ3n) is 3.95. The summed E-state index contributed by atoms with van der Waals surface area (Å²) in [6, 6.07) is 10.6. The molecule has 0 saturated carbocycles. The molecule has 146 valence electrons. The number of carbonyl (C=O) groups excluding carboxylic acids is 2. The average molecular weight is 382 g/mol. The van der Waals surface area contributed by atoms with Crippen molar-refractivity contribution < 1.29 is 19.8 Å². The Kier molecular flexibility index (Phi) is 7.27. The van der Waals surface area contributed by atoms with Crippen LogP contribution in [0, 0.1) is 0 Å². The summed E-state index contributed by atoms with van der Waals surface area (Å²) < 4.78 is 0. The molecule has 0 aliphatic carbocycles. The van der Waals surface area contributed by atoms with E-state index >= 15 is 0 Å². The maximum Gasteiger partial charge on any atom is 0.247 e. The van der Waals surface area contributed by atoms with E-state index in [1.807, 2.05) is 0 Å². The second-order valence-electron chi connectivity index (χ2n) is 5.79. The lowest BCUT2D eigenvalue weighted by Gasteiger charge is -2.18. The molecule has 4 N–H and O–H groups in total. The van der Waals surface area contributed by atoms with E-state index in [2.05, 4.69) is 20.6 Å². The highest BCUT2D eigenvalue weighted by molar-refractivity contribution is 5.96. The molecule has 2 aromatic carbocycles. The van der Waals surface area contributed by atoms with Gasteiger partial charge in [-0.15, -0.1) is 0 Å². The van der Waals surface area contributed by atoms with Gasteiger partial charge in [-0.1, -0.05) is 24.3 Å². The zero-order valence-electron chi connectivity index (χ0n) is 15.5. The molecule has 0 heterocycles. The minimum atomic E-state index is -1.17. The van der Waals surface area contributed by atoms with Crippen molar-refractivity contribution in [3.8, 4) is 11.5 Å². The van der Waals surface area contributed by atoms with Crippen LogP contribution in [0.1, 0.15) is 11.1 Å². The molecule has 0 aliphatic rings. The minimum Gasteiger partial charge on any atom is -0.507 e. The largest absolute Gasteiger partial charge is 0.507 e. The van der Waals surface area contributed by atoms with Crippen molar-refractivity contribution >= 4 is 24.2 Å². The highest BCUT2D eigenvalue weighted by Gasteiger charge is 2.31. The molecule has 0 aromatic heterocycles. The Morgan fingerprint density at radius 3 is 1.46 bits per heavy atom. The molecular weight excluding hydrogens is 360 g/mol. The monoisotopic (exact) mass is 382 g/mol. The van der Waals surface area contributed by atoms with Crippen molar-refractivity contribution in [3.63, 3.8) is 0 Å². The maximum atomic E-state index is 12.4. The van der Waals surface area contributed by atoms with Crippen LogP contribution in [0.15, 0.2) is 58.5 Å². The van der Waals surface area contributed by atoms with E-state index in [1.165, 1.54) is 38.7 Å². The number of carbonyl (C=O) groups is 2. The van der Waals surface area contributed by atoms with E-state index in [1.54, 1.807) is 36.4 Å². The lowest BCUT2D eigenvalue weighted by Crippen LogP contribution is -2.46. The van der Waals surface area contributed by atoms with Gasteiger partial charge in [-0.2, -0.15) is 0 Å². The van der Waals surface area contributed by atoms with E-state index < -0.39 is 23.9 Å². The van der Waals surface area contributed by atoms with Gasteiger partial charge in [0.25, 0.3) is 0 Å². The third-order valence-corrected chi connectivity index (χ3v) is 3.95. The van der Waals surface area contributed by atoms with Crippen LogP contribution in [0.4, 0.5) is 0 Å². The number of aromatic hydroxyl groups is 2. The quantitative estimate of drug-likeness (QED) is 0.530. The smallest absolute Gasteiger partial charge is 0.247 e. The second kappa shape index (κ2) is 9.86. The summed E-state index contributed by atoms with van der Waals surface area (Å²) in [5.74, 6) is -1.04. The van der Waals surface area contributed by atoms with E-state index in [-0.39, 0.29) is 11.5 Å². The molecule has 8 heteroatoms. The van der Waals surface area contributed by atoms with E-state index in [9.17, 15) is 19.8 Å². The number of phenols is 2. The molecule has 2 atom stereocenters. The molecule has 8 nitrogen and oxygen atoms in total. The fraction of sp³-hybridized carbons (Fsp3) is 0.200. The van der Waals surface area contributed by atoms with Gasteiger partial charge in [-0.05, 0) is 24.3 Å². The lowest BCUT2D eigenvalue weighted by atomic mass is 10.1. The molecule has 0 saturated heterocycles. The minimum absolute atomic E-state index is 0.00360. The SMILES string of the molecule is CNC(=O)C(N=Cc1ccccc1O)C(N=Cc1ccccc1O)C(=O)NC. The number of aliphatic imine (C=N–C) groups is 2. The normalized spacial score (nSPS) is 13.4. The van der Waals surface area contributed by atoms with Gasteiger partial charge < -0.3 is 20.8 Å². The van der Waals surface area contributed by atoms with Crippen molar-refractivity contribution in [2.45, 2.75) is 12.1 Å². The van der Waals surface area contributed by atoms with Gasteiger partial charge in [0.1, 0.15) is 11.5 Å². The number of para-hydroxylation sites is 2. The molecule has 2 aromatic rings. The first kappa shape index (κ1) is 20.6.